The summed E-state index contributed by atoms with van der Waals surface area (Å²) in [6.07, 6.45) is 3.45. The van der Waals surface area contributed by atoms with Crippen molar-refractivity contribution in [3.05, 3.63) is 53.1 Å². The Bertz CT molecular complexity index is 930. The van der Waals surface area contributed by atoms with Crippen LogP contribution >= 0.6 is 0 Å². The van der Waals surface area contributed by atoms with Crippen LogP contribution in [0, 0.1) is 0 Å². The number of aromatic nitrogens is 2. The first-order valence-electron chi connectivity index (χ1n) is 10.2. The number of carbonyl (C=O) groups excluding carboxylic acids is 2. The maximum atomic E-state index is 13.0. The van der Waals surface area contributed by atoms with Crippen molar-refractivity contribution in [1.82, 2.24) is 19.8 Å². The lowest BCUT2D eigenvalue weighted by Gasteiger charge is -2.27. The predicted octanol–water partition coefficient (Wildman–Crippen LogP) is 2.41. The minimum absolute atomic E-state index is 0.00777. The molecular weight excluding hydrogens is 368 g/mol. The monoisotopic (exact) mass is 394 g/mol. The molecular formula is C22H26N4O3. The van der Waals surface area contributed by atoms with Crippen molar-refractivity contribution in [2.75, 3.05) is 26.2 Å². The van der Waals surface area contributed by atoms with Gasteiger partial charge in [-0.1, -0.05) is 12.1 Å². The molecule has 2 aromatic rings. The van der Waals surface area contributed by atoms with Crippen LogP contribution in [0.3, 0.4) is 0 Å². The van der Waals surface area contributed by atoms with Crippen LogP contribution < -0.4 is 4.74 Å². The molecule has 29 heavy (non-hydrogen) atoms. The molecule has 2 amide bonds. The number of para-hydroxylation sites is 1. The molecule has 0 unspecified atom stereocenters. The van der Waals surface area contributed by atoms with E-state index in [9.17, 15) is 9.59 Å². The van der Waals surface area contributed by atoms with E-state index in [1.807, 2.05) is 47.2 Å². The molecule has 1 saturated heterocycles. The van der Waals surface area contributed by atoms with Gasteiger partial charge in [-0.2, -0.15) is 0 Å². The molecule has 4 rings (SSSR count). The number of nitrogens with zero attached hydrogens (tertiary/aromatic N) is 4. The summed E-state index contributed by atoms with van der Waals surface area (Å²) in [6, 6.07) is 7.39. The van der Waals surface area contributed by atoms with E-state index in [-0.39, 0.29) is 17.7 Å². The van der Waals surface area contributed by atoms with Crippen molar-refractivity contribution in [1.29, 1.82) is 0 Å². The predicted molar refractivity (Wildman–Crippen MR) is 108 cm³/mol. The average molecular weight is 394 g/mol. The summed E-state index contributed by atoms with van der Waals surface area (Å²) in [6.45, 7) is 6.60. The summed E-state index contributed by atoms with van der Waals surface area (Å²) in [4.78, 5) is 37.7. The first-order chi connectivity index (χ1) is 14.1. The number of fused-ring (bicyclic) bond motifs is 1. The van der Waals surface area contributed by atoms with Crippen molar-refractivity contribution in [3.63, 3.8) is 0 Å². The van der Waals surface area contributed by atoms with Gasteiger partial charge in [0.1, 0.15) is 11.6 Å². The molecule has 0 radical (unpaired) electrons. The molecule has 0 N–H and O–H groups in total. The summed E-state index contributed by atoms with van der Waals surface area (Å²) < 4.78 is 5.62. The maximum Gasteiger partial charge on any atom is 0.257 e. The molecule has 1 atom stereocenters. The first kappa shape index (κ1) is 19.4. The van der Waals surface area contributed by atoms with E-state index >= 15 is 0 Å². The van der Waals surface area contributed by atoms with E-state index in [0.29, 0.717) is 44.1 Å². The highest BCUT2D eigenvalue weighted by Gasteiger charge is 2.31. The highest BCUT2D eigenvalue weighted by Crippen LogP contribution is 2.29. The number of carbonyl (C=O) groups is 2. The molecule has 3 heterocycles. The van der Waals surface area contributed by atoms with Gasteiger partial charge in [-0.05, 0) is 25.5 Å². The Morgan fingerprint density at radius 2 is 2.03 bits per heavy atom. The third-order valence-corrected chi connectivity index (χ3v) is 5.66. The van der Waals surface area contributed by atoms with Crippen LogP contribution in [-0.4, -0.2) is 57.8 Å². The Hall–Kier alpha value is -2.96. The Morgan fingerprint density at radius 1 is 1.21 bits per heavy atom. The van der Waals surface area contributed by atoms with E-state index in [1.54, 1.807) is 6.92 Å². The fourth-order valence-corrected chi connectivity index (χ4v) is 4.05. The van der Waals surface area contributed by atoms with Gasteiger partial charge < -0.3 is 14.5 Å². The molecule has 1 aromatic heterocycles. The van der Waals surface area contributed by atoms with Gasteiger partial charge in [0.05, 0.1) is 17.9 Å². The third-order valence-electron chi connectivity index (χ3n) is 5.66. The van der Waals surface area contributed by atoms with Crippen LogP contribution in [-0.2, 0) is 17.8 Å². The fourth-order valence-electron chi connectivity index (χ4n) is 4.05. The number of amides is 2. The van der Waals surface area contributed by atoms with Crippen LogP contribution in [0.1, 0.15) is 53.6 Å². The second kappa shape index (κ2) is 8.19. The molecule has 7 nitrogen and oxygen atoms in total. The maximum absolute atomic E-state index is 13.0. The lowest BCUT2D eigenvalue weighted by atomic mass is 10.0. The zero-order chi connectivity index (χ0) is 20.4. The van der Waals surface area contributed by atoms with Crippen molar-refractivity contribution in [2.24, 2.45) is 0 Å². The van der Waals surface area contributed by atoms with Gasteiger partial charge in [-0.3, -0.25) is 9.59 Å². The highest BCUT2D eigenvalue weighted by atomic mass is 16.5. The Labute approximate surface area is 170 Å². The number of benzene rings is 1. The lowest BCUT2D eigenvalue weighted by Crippen LogP contribution is -2.35. The Morgan fingerprint density at radius 3 is 2.83 bits per heavy atom. The quantitative estimate of drug-likeness (QED) is 0.796. The van der Waals surface area contributed by atoms with Crippen LogP contribution in [0.2, 0.25) is 0 Å². The topological polar surface area (TPSA) is 75.6 Å². The molecule has 0 aliphatic carbocycles. The van der Waals surface area contributed by atoms with E-state index in [1.165, 1.54) is 0 Å². The standard InChI is InChI=1S/C22H26N4O3/c1-3-29-20-7-5-4-6-18(20)22(28)26-10-8-16(13-26)21-23-12-17-14-25(15(2)27)11-9-19(17)24-21/h4-7,12,16H,3,8-11,13-14H2,1-2H3/t16-/m0/s1. The minimum Gasteiger partial charge on any atom is -0.493 e. The SMILES string of the molecule is CCOc1ccccc1C(=O)N1CC[C@H](c2ncc3c(n2)CCN(C(C)=O)C3)C1. The molecule has 1 fully saturated rings. The van der Waals surface area contributed by atoms with Crippen LogP contribution in [0.5, 0.6) is 5.75 Å². The van der Waals surface area contributed by atoms with Crippen molar-refractivity contribution >= 4 is 11.8 Å². The Kier molecular flexibility index (Phi) is 5.47. The summed E-state index contributed by atoms with van der Waals surface area (Å²) in [5, 5.41) is 0. The number of rotatable bonds is 4. The molecule has 7 heteroatoms. The van der Waals surface area contributed by atoms with Crippen molar-refractivity contribution in [3.8, 4) is 5.75 Å². The van der Waals surface area contributed by atoms with Crippen LogP contribution in [0.25, 0.3) is 0 Å². The molecule has 0 bridgehead atoms. The van der Waals surface area contributed by atoms with E-state index in [4.69, 9.17) is 9.72 Å². The van der Waals surface area contributed by atoms with Crippen molar-refractivity contribution < 1.29 is 14.3 Å². The summed E-state index contributed by atoms with van der Waals surface area (Å²) in [5.74, 6) is 1.63. The molecule has 0 saturated carbocycles. The number of hydrogen-bond donors (Lipinski definition) is 0. The van der Waals surface area contributed by atoms with Crippen molar-refractivity contribution in [2.45, 2.75) is 39.2 Å². The fraction of sp³-hybridized carbons (Fsp3) is 0.455. The summed E-state index contributed by atoms with van der Waals surface area (Å²) in [7, 11) is 0. The highest BCUT2D eigenvalue weighted by molar-refractivity contribution is 5.97. The van der Waals surface area contributed by atoms with Gasteiger partial charge in [0.25, 0.3) is 5.91 Å². The van der Waals surface area contributed by atoms with Gasteiger partial charge in [0.2, 0.25) is 5.91 Å². The van der Waals surface area contributed by atoms with Gasteiger partial charge in [-0.25, -0.2) is 9.97 Å². The number of ether oxygens (including phenoxy) is 1. The molecule has 0 spiro atoms. The van der Waals surface area contributed by atoms with Gasteiger partial charge in [0.15, 0.2) is 0 Å². The Balaban J connectivity index is 1.47. The molecule has 2 aliphatic rings. The zero-order valence-corrected chi connectivity index (χ0v) is 16.9. The normalized spacial score (nSPS) is 18.5. The lowest BCUT2D eigenvalue weighted by molar-refractivity contribution is -0.129. The van der Waals surface area contributed by atoms with E-state index in [2.05, 4.69) is 4.98 Å². The molecule has 1 aromatic carbocycles. The first-order valence-corrected chi connectivity index (χ1v) is 10.2. The largest absolute Gasteiger partial charge is 0.493 e. The van der Waals surface area contributed by atoms with Gasteiger partial charge in [-0.15, -0.1) is 0 Å². The van der Waals surface area contributed by atoms with Crippen LogP contribution in [0.4, 0.5) is 0 Å². The number of likely N-dealkylation sites (tertiary alicyclic amines) is 1. The smallest absolute Gasteiger partial charge is 0.257 e. The van der Waals surface area contributed by atoms with E-state index in [0.717, 1.165) is 29.9 Å². The van der Waals surface area contributed by atoms with Gasteiger partial charge >= 0.3 is 0 Å². The van der Waals surface area contributed by atoms with Crippen LogP contribution in [0.15, 0.2) is 30.5 Å². The second-order valence-corrected chi connectivity index (χ2v) is 7.56. The summed E-state index contributed by atoms with van der Waals surface area (Å²) in [5.41, 5.74) is 2.65. The summed E-state index contributed by atoms with van der Waals surface area (Å²) >= 11 is 0. The zero-order valence-electron chi connectivity index (χ0n) is 16.9. The third kappa shape index (κ3) is 3.95. The number of hydrogen-bond acceptors (Lipinski definition) is 5. The van der Waals surface area contributed by atoms with E-state index < -0.39 is 0 Å². The molecule has 2 aliphatic heterocycles. The van der Waals surface area contributed by atoms with Gasteiger partial charge in [0, 0.05) is 57.2 Å². The minimum atomic E-state index is -0.00777. The molecule has 152 valence electrons. The second-order valence-electron chi connectivity index (χ2n) is 7.56. The average Bonchev–Trinajstić information content (AvgIpc) is 3.23.